The van der Waals surface area contributed by atoms with Crippen LogP contribution in [0.5, 0.6) is 0 Å². The van der Waals surface area contributed by atoms with Gasteiger partial charge >= 0.3 is 5.97 Å². The number of fused-ring (bicyclic) bond motifs is 1. The Kier molecular flexibility index (Phi) is 5.35. The van der Waals surface area contributed by atoms with Gasteiger partial charge in [0.2, 0.25) is 0 Å². The molecule has 27 heavy (non-hydrogen) atoms. The molecule has 3 rings (SSSR count). The van der Waals surface area contributed by atoms with Crippen molar-refractivity contribution >= 4 is 23.3 Å². The molecule has 0 fully saturated rings. The highest BCUT2D eigenvalue weighted by molar-refractivity contribution is 5.99. The van der Waals surface area contributed by atoms with E-state index in [1.807, 2.05) is 19.9 Å². The van der Waals surface area contributed by atoms with Gasteiger partial charge in [0.05, 0.1) is 18.9 Å². The topological polar surface area (TPSA) is 97.6 Å². The molecule has 140 valence electrons. The smallest absolute Gasteiger partial charge is 0.337 e. The number of nitrogens with zero attached hydrogens (tertiary/aromatic N) is 3. The lowest BCUT2D eigenvalue weighted by Crippen LogP contribution is -2.30. The number of esters is 1. The zero-order valence-electron chi connectivity index (χ0n) is 15.4. The van der Waals surface area contributed by atoms with Crippen LogP contribution in [0.1, 0.15) is 40.1 Å². The summed E-state index contributed by atoms with van der Waals surface area (Å²) in [7, 11) is 1.35. The first kappa shape index (κ1) is 18.4. The van der Waals surface area contributed by atoms with Crippen molar-refractivity contribution in [2.75, 3.05) is 12.4 Å². The van der Waals surface area contributed by atoms with Gasteiger partial charge in [-0.3, -0.25) is 4.79 Å². The molecule has 0 spiro atoms. The quantitative estimate of drug-likeness (QED) is 0.649. The van der Waals surface area contributed by atoms with Gasteiger partial charge in [0.25, 0.3) is 5.91 Å². The molecule has 0 aliphatic rings. The summed E-state index contributed by atoms with van der Waals surface area (Å²) in [5.41, 5.74) is 2.29. The summed E-state index contributed by atoms with van der Waals surface area (Å²) in [5.74, 6) is 0.0111. The SMILES string of the molecule is COC(=O)c1cccc(CNc2ccn3ncc(C(=O)NC(C)C)c3n2)c1. The Morgan fingerprint density at radius 3 is 2.81 bits per heavy atom. The number of ether oxygens (including phenoxy) is 1. The summed E-state index contributed by atoms with van der Waals surface area (Å²) < 4.78 is 6.29. The molecular formula is C19H21N5O3. The Bertz CT molecular complexity index is 980. The summed E-state index contributed by atoms with van der Waals surface area (Å²) in [4.78, 5) is 28.4. The number of carbonyl (C=O) groups is 2. The monoisotopic (exact) mass is 367 g/mol. The number of methoxy groups -OCH3 is 1. The van der Waals surface area contributed by atoms with Crippen LogP contribution in [0.2, 0.25) is 0 Å². The maximum Gasteiger partial charge on any atom is 0.337 e. The number of amides is 1. The van der Waals surface area contributed by atoms with Gasteiger partial charge in [-0.25, -0.2) is 14.3 Å². The maximum atomic E-state index is 12.3. The van der Waals surface area contributed by atoms with E-state index in [0.717, 1.165) is 5.56 Å². The van der Waals surface area contributed by atoms with Crippen LogP contribution < -0.4 is 10.6 Å². The van der Waals surface area contributed by atoms with Gasteiger partial charge in [0, 0.05) is 18.8 Å². The molecule has 2 aromatic heterocycles. The highest BCUT2D eigenvalue weighted by atomic mass is 16.5. The van der Waals surface area contributed by atoms with E-state index in [1.165, 1.54) is 13.3 Å². The predicted molar refractivity (Wildman–Crippen MR) is 101 cm³/mol. The lowest BCUT2D eigenvalue weighted by atomic mass is 10.1. The number of nitrogens with one attached hydrogen (secondary N) is 2. The average molecular weight is 367 g/mol. The first-order valence-corrected chi connectivity index (χ1v) is 8.54. The fourth-order valence-electron chi connectivity index (χ4n) is 2.59. The molecule has 0 saturated carbocycles. The van der Waals surface area contributed by atoms with Crippen LogP contribution in [-0.2, 0) is 11.3 Å². The Balaban J connectivity index is 1.78. The van der Waals surface area contributed by atoms with Gasteiger partial charge in [-0.1, -0.05) is 12.1 Å². The van der Waals surface area contributed by atoms with Gasteiger partial charge in [0.1, 0.15) is 11.4 Å². The van der Waals surface area contributed by atoms with E-state index in [4.69, 9.17) is 4.74 Å². The van der Waals surface area contributed by atoms with Gasteiger partial charge in [-0.15, -0.1) is 0 Å². The van der Waals surface area contributed by atoms with E-state index in [1.54, 1.807) is 35.0 Å². The van der Waals surface area contributed by atoms with Crippen LogP contribution in [0, 0.1) is 0 Å². The fourth-order valence-corrected chi connectivity index (χ4v) is 2.59. The summed E-state index contributed by atoms with van der Waals surface area (Å²) in [6.45, 7) is 4.26. The Labute approximate surface area is 156 Å². The molecule has 0 aliphatic heterocycles. The van der Waals surface area contributed by atoms with E-state index in [2.05, 4.69) is 20.7 Å². The van der Waals surface area contributed by atoms with Crippen molar-refractivity contribution < 1.29 is 14.3 Å². The van der Waals surface area contributed by atoms with E-state index >= 15 is 0 Å². The second kappa shape index (κ2) is 7.86. The predicted octanol–water partition coefficient (Wildman–Crippen LogP) is 2.27. The molecule has 0 saturated heterocycles. The first-order chi connectivity index (χ1) is 13.0. The number of rotatable bonds is 6. The maximum absolute atomic E-state index is 12.3. The molecule has 0 bridgehead atoms. The van der Waals surface area contributed by atoms with Crippen LogP contribution >= 0.6 is 0 Å². The molecule has 0 unspecified atom stereocenters. The van der Waals surface area contributed by atoms with E-state index in [0.29, 0.717) is 29.1 Å². The largest absolute Gasteiger partial charge is 0.465 e. The van der Waals surface area contributed by atoms with Crippen molar-refractivity contribution in [1.82, 2.24) is 19.9 Å². The number of hydrogen-bond acceptors (Lipinski definition) is 6. The third kappa shape index (κ3) is 4.22. The number of aromatic nitrogens is 3. The Hall–Kier alpha value is -3.42. The van der Waals surface area contributed by atoms with Crippen LogP contribution in [0.4, 0.5) is 5.82 Å². The van der Waals surface area contributed by atoms with Crippen LogP contribution in [0.25, 0.3) is 5.65 Å². The molecule has 3 aromatic rings. The third-order valence-electron chi connectivity index (χ3n) is 3.86. The van der Waals surface area contributed by atoms with Gasteiger partial charge in [-0.2, -0.15) is 5.10 Å². The highest BCUT2D eigenvalue weighted by Crippen LogP contribution is 2.14. The molecular weight excluding hydrogens is 346 g/mol. The van der Waals surface area contributed by atoms with Crippen molar-refractivity contribution in [3.05, 3.63) is 59.4 Å². The summed E-state index contributed by atoms with van der Waals surface area (Å²) >= 11 is 0. The number of hydrogen-bond donors (Lipinski definition) is 2. The molecule has 1 amide bonds. The molecule has 0 aliphatic carbocycles. The third-order valence-corrected chi connectivity index (χ3v) is 3.86. The Morgan fingerprint density at radius 2 is 2.07 bits per heavy atom. The Morgan fingerprint density at radius 1 is 1.26 bits per heavy atom. The molecule has 2 N–H and O–H groups in total. The van der Waals surface area contributed by atoms with Crippen molar-refractivity contribution in [3.63, 3.8) is 0 Å². The first-order valence-electron chi connectivity index (χ1n) is 8.54. The van der Waals surface area contributed by atoms with Gasteiger partial charge in [0.15, 0.2) is 5.65 Å². The average Bonchev–Trinajstić information content (AvgIpc) is 3.08. The minimum atomic E-state index is -0.378. The van der Waals surface area contributed by atoms with Crippen LogP contribution in [0.15, 0.2) is 42.7 Å². The van der Waals surface area contributed by atoms with Crippen molar-refractivity contribution in [2.45, 2.75) is 26.4 Å². The summed E-state index contributed by atoms with van der Waals surface area (Å²) in [6.07, 6.45) is 3.24. The van der Waals surface area contributed by atoms with Gasteiger partial charge in [-0.05, 0) is 37.6 Å². The van der Waals surface area contributed by atoms with Crippen LogP contribution in [0.3, 0.4) is 0 Å². The minimum absolute atomic E-state index is 0.0239. The van der Waals surface area contributed by atoms with E-state index < -0.39 is 0 Å². The zero-order valence-corrected chi connectivity index (χ0v) is 15.4. The molecule has 8 nitrogen and oxygen atoms in total. The number of benzene rings is 1. The lowest BCUT2D eigenvalue weighted by molar-refractivity contribution is 0.0600. The number of carbonyl (C=O) groups excluding carboxylic acids is 2. The minimum Gasteiger partial charge on any atom is -0.465 e. The second-order valence-corrected chi connectivity index (χ2v) is 6.31. The van der Waals surface area contributed by atoms with Crippen molar-refractivity contribution in [1.29, 1.82) is 0 Å². The molecule has 8 heteroatoms. The summed E-state index contributed by atoms with van der Waals surface area (Å²) in [6, 6.07) is 8.96. The van der Waals surface area contributed by atoms with E-state index in [9.17, 15) is 9.59 Å². The lowest BCUT2D eigenvalue weighted by Gasteiger charge is -2.09. The van der Waals surface area contributed by atoms with E-state index in [-0.39, 0.29) is 17.9 Å². The molecule has 1 aromatic carbocycles. The standard InChI is InChI=1S/C19H21N5O3/c1-12(2)22-18(25)15-11-21-24-8-7-16(23-17(15)24)20-10-13-5-4-6-14(9-13)19(26)27-3/h4-9,11-12H,10H2,1-3H3,(H,20,23)(H,22,25). The van der Waals surface area contributed by atoms with Gasteiger partial charge < -0.3 is 15.4 Å². The molecule has 2 heterocycles. The number of anilines is 1. The molecule has 0 atom stereocenters. The second-order valence-electron chi connectivity index (χ2n) is 6.31. The van der Waals surface area contributed by atoms with Crippen molar-refractivity contribution in [3.8, 4) is 0 Å². The fraction of sp³-hybridized carbons (Fsp3) is 0.263. The molecule has 0 radical (unpaired) electrons. The normalized spacial score (nSPS) is 10.8. The van der Waals surface area contributed by atoms with Crippen molar-refractivity contribution in [2.24, 2.45) is 0 Å². The summed E-state index contributed by atoms with van der Waals surface area (Å²) in [5, 5.41) is 10.2. The van der Waals surface area contributed by atoms with Crippen LogP contribution in [-0.4, -0.2) is 39.6 Å². The zero-order chi connectivity index (χ0) is 19.4. The highest BCUT2D eigenvalue weighted by Gasteiger charge is 2.15.